The van der Waals surface area contributed by atoms with Gasteiger partial charge in [-0.1, -0.05) is 30.7 Å². The van der Waals surface area contributed by atoms with E-state index >= 15 is 0 Å². The molecule has 3 rings (SSSR count). The summed E-state index contributed by atoms with van der Waals surface area (Å²) in [6.45, 7) is 1.78. The van der Waals surface area contributed by atoms with Crippen molar-refractivity contribution in [3.63, 3.8) is 0 Å². The number of benzene rings is 2. The van der Waals surface area contributed by atoms with E-state index < -0.39 is 0 Å². The maximum absolute atomic E-state index is 13.2. The van der Waals surface area contributed by atoms with Gasteiger partial charge in [0, 0.05) is 13.1 Å². The Hall–Kier alpha value is -1.78. The number of halogens is 2. The molecule has 0 bridgehead atoms. The summed E-state index contributed by atoms with van der Waals surface area (Å²) in [5.74, 6) is -0.556. The second-order valence-electron chi connectivity index (χ2n) is 5.58. The van der Waals surface area contributed by atoms with Crippen molar-refractivity contribution < 1.29 is 13.6 Å². The van der Waals surface area contributed by atoms with Crippen molar-refractivity contribution in [3.05, 3.63) is 71.3 Å². The fourth-order valence-electron chi connectivity index (χ4n) is 2.71. The fraction of sp³-hybridized carbons (Fsp3) is 0.333. The van der Waals surface area contributed by atoms with E-state index in [1.54, 1.807) is 24.3 Å². The van der Waals surface area contributed by atoms with Gasteiger partial charge in [0.2, 0.25) is 0 Å². The molecule has 1 fully saturated rings. The van der Waals surface area contributed by atoms with E-state index in [0.717, 1.165) is 37.1 Å². The smallest absolute Gasteiger partial charge is 0.129 e. The molecule has 2 aromatic rings. The Morgan fingerprint density at radius 3 is 1.64 bits per heavy atom. The van der Waals surface area contributed by atoms with E-state index in [2.05, 4.69) is 0 Å². The van der Waals surface area contributed by atoms with Crippen LogP contribution in [0.1, 0.15) is 36.5 Å². The molecule has 0 aromatic heterocycles. The molecular weight excluding hydrogens is 284 g/mol. The summed E-state index contributed by atoms with van der Waals surface area (Å²) in [5.41, 5.74) is 1.72. The molecule has 1 aliphatic rings. The van der Waals surface area contributed by atoms with Crippen molar-refractivity contribution in [2.45, 2.75) is 25.4 Å². The van der Waals surface area contributed by atoms with Crippen molar-refractivity contribution in [3.8, 4) is 0 Å². The number of nitrogens with zero attached hydrogens (tertiary/aromatic N) is 1. The van der Waals surface area contributed by atoms with Crippen LogP contribution in [0.5, 0.6) is 0 Å². The number of hydroxylamine groups is 2. The summed E-state index contributed by atoms with van der Waals surface area (Å²) >= 11 is 0. The van der Waals surface area contributed by atoms with Crippen molar-refractivity contribution >= 4 is 0 Å². The lowest BCUT2D eigenvalue weighted by molar-refractivity contribution is -0.196. The highest BCUT2D eigenvalue weighted by molar-refractivity contribution is 5.30. The molecule has 0 atom stereocenters. The lowest BCUT2D eigenvalue weighted by Gasteiger charge is -2.30. The van der Waals surface area contributed by atoms with Gasteiger partial charge in [0.1, 0.15) is 17.7 Å². The maximum atomic E-state index is 13.2. The van der Waals surface area contributed by atoms with E-state index in [9.17, 15) is 8.78 Å². The zero-order chi connectivity index (χ0) is 15.4. The molecule has 0 amide bonds. The molecular formula is C18H19F2NO. The van der Waals surface area contributed by atoms with E-state index in [1.807, 2.05) is 5.06 Å². The van der Waals surface area contributed by atoms with E-state index in [0.29, 0.717) is 0 Å². The average molecular weight is 303 g/mol. The second-order valence-corrected chi connectivity index (χ2v) is 5.58. The molecule has 4 heteroatoms. The Morgan fingerprint density at radius 2 is 1.18 bits per heavy atom. The highest BCUT2D eigenvalue weighted by atomic mass is 19.1. The van der Waals surface area contributed by atoms with Crippen molar-refractivity contribution in [2.24, 2.45) is 0 Å². The molecule has 2 nitrogen and oxygen atoms in total. The highest BCUT2D eigenvalue weighted by Gasteiger charge is 2.21. The maximum Gasteiger partial charge on any atom is 0.129 e. The van der Waals surface area contributed by atoms with Crippen LogP contribution in [0.15, 0.2) is 48.5 Å². The standard InChI is InChI=1S/C18H19F2NO/c19-16-8-4-14(5-9-16)18(15-6-10-17(20)11-7-15)22-21-12-2-1-3-13-21/h4-11,18H,1-3,12-13H2. The van der Waals surface area contributed by atoms with Crippen LogP contribution in [0.2, 0.25) is 0 Å². The average Bonchev–Trinajstić information content (AvgIpc) is 2.56. The van der Waals surface area contributed by atoms with E-state index in [1.165, 1.54) is 30.7 Å². The summed E-state index contributed by atoms with van der Waals surface area (Å²) in [5, 5.41) is 1.96. The van der Waals surface area contributed by atoms with Crippen LogP contribution in [0.25, 0.3) is 0 Å². The second kappa shape index (κ2) is 6.99. The minimum atomic E-state index is -0.348. The van der Waals surface area contributed by atoms with Crippen LogP contribution in [0.4, 0.5) is 8.78 Å². The SMILES string of the molecule is Fc1ccc(C(ON2CCCCC2)c2ccc(F)cc2)cc1. The number of rotatable bonds is 4. The van der Waals surface area contributed by atoms with Crippen molar-refractivity contribution in [1.29, 1.82) is 0 Å². The fourth-order valence-corrected chi connectivity index (χ4v) is 2.71. The summed E-state index contributed by atoms with van der Waals surface area (Å²) in [6.07, 6.45) is 3.09. The lowest BCUT2D eigenvalue weighted by Crippen LogP contribution is -2.31. The third-order valence-electron chi connectivity index (χ3n) is 3.92. The zero-order valence-electron chi connectivity index (χ0n) is 12.3. The third kappa shape index (κ3) is 3.70. The van der Waals surface area contributed by atoms with Crippen LogP contribution in [0.3, 0.4) is 0 Å². The molecule has 2 aromatic carbocycles. The molecule has 1 aliphatic heterocycles. The summed E-state index contributed by atoms with van der Waals surface area (Å²) in [7, 11) is 0. The van der Waals surface area contributed by atoms with Gasteiger partial charge in [-0.05, 0) is 48.2 Å². The van der Waals surface area contributed by atoms with Crippen LogP contribution >= 0.6 is 0 Å². The van der Waals surface area contributed by atoms with Crippen molar-refractivity contribution in [2.75, 3.05) is 13.1 Å². The summed E-state index contributed by atoms with van der Waals surface area (Å²) < 4.78 is 26.3. The first-order chi connectivity index (χ1) is 10.7. The molecule has 1 heterocycles. The molecule has 0 N–H and O–H groups in total. The molecule has 0 spiro atoms. The van der Waals surface area contributed by atoms with Gasteiger partial charge in [-0.15, -0.1) is 0 Å². The normalized spacial score (nSPS) is 16.1. The van der Waals surface area contributed by atoms with E-state index in [-0.39, 0.29) is 17.7 Å². The third-order valence-corrected chi connectivity index (χ3v) is 3.92. The van der Waals surface area contributed by atoms with Gasteiger partial charge in [-0.2, -0.15) is 5.06 Å². The Labute approximate surface area is 129 Å². The summed E-state index contributed by atoms with van der Waals surface area (Å²) in [4.78, 5) is 6.13. The molecule has 0 radical (unpaired) electrons. The van der Waals surface area contributed by atoms with Crippen LogP contribution < -0.4 is 0 Å². The predicted molar refractivity (Wildman–Crippen MR) is 81.2 cm³/mol. The van der Waals surface area contributed by atoms with Crippen LogP contribution in [-0.4, -0.2) is 18.2 Å². The first kappa shape index (κ1) is 15.1. The van der Waals surface area contributed by atoms with Gasteiger partial charge in [-0.3, -0.25) is 4.84 Å². The van der Waals surface area contributed by atoms with Crippen molar-refractivity contribution in [1.82, 2.24) is 5.06 Å². The molecule has 116 valence electrons. The van der Waals surface area contributed by atoms with Gasteiger partial charge in [0.05, 0.1) is 0 Å². The Morgan fingerprint density at radius 1 is 0.727 bits per heavy atom. The minimum Gasteiger partial charge on any atom is -0.286 e. The van der Waals surface area contributed by atoms with Gasteiger partial charge in [0.25, 0.3) is 0 Å². The molecule has 0 unspecified atom stereocenters. The van der Waals surface area contributed by atoms with Crippen LogP contribution in [0, 0.1) is 11.6 Å². The molecule has 0 saturated carbocycles. The van der Waals surface area contributed by atoms with E-state index in [4.69, 9.17) is 4.84 Å². The van der Waals surface area contributed by atoms with Gasteiger partial charge >= 0.3 is 0 Å². The van der Waals surface area contributed by atoms with Gasteiger partial charge < -0.3 is 0 Å². The number of piperidine rings is 1. The largest absolute Gasteiger partial charge is 0.286 e. The highest BCUT2D eigenvalue weighted by Crippen LogP contribution is 2.28. The quantitative estimate of drug-likeness (QED) is 0.826. The van der Waals surface area contributed by atoms with Crippen LogP contribution in [-0.2, 0) is 4.84 Å². The van der Waals surface area contributed by atoms with Gasteiger partial charge in [-0.25, -0.2) is 8.78 Å². The Bertz CT molecular complexity index is 546. The summed E-state index contributed by atoms with van der Waals surface area (Å²) in [6, 6.07) is 12.6. The molecule has 1 saturated heterocycles. The monoisotopic (exact) mass is 303 g/mol. The zero-order valence-corrected chi connectivity index (χ0v) is 12.3. The minimum absolute atomic E-state index is 0.278. The Balaban J connectivity index is 1.86. The lowest BCUT2D eigenvalue weighted by atomic mass is 10.0. The Kier molecular flexibility index (Phi) is 4.80. The topological polar surface area (TPSA) is 12.5 Å². The first-order valence-corrected chi connectivity index (χ1v) is 7.65. The predicted octanol–water partition coefficient (Wildman–Crippen LogP) is 4.47. The number of hydrogen-bond acceptors (Lipinski definition) is 2. The molecule has 0 aliphatic carbocycles. The van der Waals surface area contributed by atoms with Gasteiger partial charge in [0.15, 0.2) is 0 Å². The first-order valence-electron chi connectivity index (χ1n) is 7.65. The number of hydrogen-bond donors (Lipinski definition) is 0. The molecule has 22 heavy (non-hydrogen) atoms.